The van der Waals surface area contributed by atoms with Gasteiger partial charge in [0.1, 0.15) is 0 Å². The molecule has 0 heterocycles. The van der Waals surface area contributed by atoms with E-state index in [2.05, 4.69) is 16.9 Å². The van der Waals surface area contributed by atoms with Gasteiger partial charge >= 0.3 is 16.3 Å². The first-order valence-corrected chi connectivity index (χ1v) is 9.79. The Bertz CT molecular complexity index is 520. The van der Waals surface area contributed by atoms with Crippen molar-refractivity contribution < 1.29 is 27.8 Å². The molecule has 0 aromatic carbocycles. The fraction of sp³-hybridized carbons (Fsp3) is 0.800. The lowest BCUT2D eigenvalue weighted by atomic mass is 10.1. The van der Waals surface area contributed by atoms with Gasteiger partial charge in [-0.1, -0.05) is 12.2 Å². The maximum Gasteiger partial charge on any atom is 0.421 e. The number of rotatable bonds is 9. The number of nitrogens with one attached hydrogen (secondary N) is 2. The number of hydrogen-bond donors (Lipinski definition) is 3. The van der Waals surface area contributed by atoms with Crippen LogP contribution in [-0.4, -0.2) is 52.6 Å². The lowest BCUT2D eigenvalue weighted by molar-refractivity contribution is 0.0961. The quantitative estimate of drug-likeness (QED) is 0.408. The molecule has 1 fully saturated rings. The minimum absolute atomic E-state index is 0.00237. The van der Waals surface area contributed by atoms with Crippen LogP contribution in [0.2, 0.25) is 0 Å². The Morgan fingerprint density at radius 3 is 2.46 bits per heavy atom. The lowest BCUT2D eigenvalue weighted by Gasteiger charge is -2.09. The summed E-state index contributed by atoms with van der Waals surface area (Å²) in [4.78, 5) is 11.6. The van der Waals surface area contributed by atoms with E-state index >= 15 is 0 Å². The summed E-state index contributed by atoms with van der Waals surface area (Å²) >= 11 is 0. The van der Waals surface area contributed by atoms with E-state index in [1.165, 1.54) is 0 Å². The van der Waals surface area contributed by atoms with Crippen LogP contribution in [0.5, 0.6) is 0 Å². The molecule has 2 aliphatic rings. The fourth-order valence-corrected chi connectivity index (χ4v) is 3.91. The SMILES string of the molecule is O=C(NS(=O)(=O)NCCOCCO)OCC1[C@H]2CC/C=C\CC[C@@H]12. The average molecular weight is 362 g/mol. The molecule has 0 aromatic rings. The molecule has 1 unspecified atom stereocenters. The van der Waals surface area contributed by atoms with E-state index in [-0.39, 0.29) is 33.0 Å². The predicted octanol–water partition coefficient (Wildman–Crippen LogP) is 0.548. The molecule has 0 bridgehead atoms. The zero-order valence-electron chi connectivity index (χ0n) is 13.6. The Labute approximate surface area is 142 Å². The molecule has 0 aliphatic heterocycles. The second-order valence-corrected chi connectivity index (χ2v) is 7.55. The fourth-order valence-electron chi connectivity index (χ4n) is 3.20. The van der Waals surface area contributed by atoms with E-state index in [0.717, 1.165) is 25.7 Å². The summed E-state index contributed by atoms with van der Waals surface area (Å²) in [5, 5.41) is 8.52. The summed E-state index contributed by atoms with van der Waals surface area (Å²) in [5.74, 6) is 1.51. The molecule has 2 rings (SSSR count). The minimum Gasteiger partial charge on any atom is -0.449 e. The van der Waals surface area contributed by atoms with Crippen LogP contribution in [0.15, 0.2) is 12.2 Å². The first-order valence-electron chi connectivity index (χ1n) is 8.31. The topological polar surface area (TPSA) is 114 Å². The first kappa shape index (κ1) is 19.2. The zero-order valence-corrected chi connectivity index (χ0v) is 14.5. The third-order valence-electron chi connectivity index (χ3n) is 4.41. The monoisotopic (exact) mass is 362 g/mol. The summed E-state index contributed by atoms with van der Waals surface area (Å²) in [6, 6.07) is 0. The van der Waals surface area contributed by atoms with Gasteiger partial charge in [0, 0.05) is 6.54 Å². The van der Waals surface area contributed by atoms with Gasteiger partial charge < -0.3 is 14.6 Å². The van der Waals surface area contributed by atoms with E-state index in [0.29, 0.717) is 17.8 Å². The van der Waals surface area contributed by atoms with Crippen LogP contribution in [0.1, 0.15) is 25.7 Å². The second-order valence-electron chi connectivity index (χ2n) is 6.05. The van der Waals surface area contributed by atoms with E-state index in [4.69, 9.17) is 14.6 Å². The van der Waals surface area contributed by atoms with Gasteiger partial charge in [0.25, 0.3) is 0 Å². The molecule has 0 spiro atoms. The smallest absolute Gasteiger partial charge is 0.421 e. The van der Waals surface area contributed by atoms with Gasteiger partial charge in [0.15, 0.2) is 0 Å². The van der Waals surface area contributed by atoms with E-state index in [9.17, 15) is 13.2 Å². The van der Waals surface area contributed by atoms with Crippen LogP contribution in [0.25, 0.3) is 0 Å². The highest BCUT2D eigenvalue weighted by atomic mass is 32.2. The summed E-state index contributed by atoms with van der Waals surface area (Å²) in [7, 11) is -3.96. The number of hydrogen-bond acceptors (Lipinski definition) is 6. The van der Waals surface area contributed by atoms with Crippen molar-refractivity contribution in [1.82, 2.24) is 9.44 Å². The number of ether oxygens (including phenoxy) is 2. The number of allylic oxidation sites excluding steroid dienone is 2. The zero-order chi connectivity index (χ0) is 17.4. The number of fused-ring (bicyclic) bond motifs is 1. The number of amides is 1. The summed E-state index contributed by atoms with van der Waals surface area (Å²) in [6.07, 6.45) is 7.75. The Morgan fingerprint density at radius 2 is 1.83 bits per heavy atom. The van der Waals surface area contributed by atoms with Gasteiger partial charge in [-0.25, -0.2) is 9.52 Å². The molecule has 1 amide bonds. The Morgan fingerprint density at radius 1 is 1.17 bits per heavy atom. The van der Waals surface area contributed by atoms with Crippen LogP contribution in [0.3, 0.4) is 0 Å². The Hall–Kier alpha value is -1.16. The Balaban J connectivity index is 1.62. The first-order chi connectivity index (χ1) is 11.5. The van der Waals surface area contributed by atoms with Crippen molar-refractivity contribution in [3.63, 3.8) is 0 Å². The summed E-state index contributed by atoms with van der Waals surface area (Å²) < 4.78 is 37.2. The number of carbonyl (C=O) groups excluding carboxylic acids is 1. The molecule has 1 saturated carbocycles. The van der Waals surface area contributed by atoms with Crippen molar-refractivity contribution >= 4 is 16.3 Å². The molecule has 8 nitrogen and oxygen atoms in total. The summed E-state index contributed by atoms with van der Waals surface area (Å²) in [6.45, 7) is 0.377. The standard InChI is InChI=1S/C15H26N2O6S/c18-8-10-22-9-7-16-24(20,21)17-15(19)23-11-14-12-5-3-1-2-4-6-13(12)14/h1-2,12-14,16,18H,3-11H2,(H,17,19)/b2-1-/t12-,13+,14?. The van der Waals surface area contributed by atoms with Crippen LogP contribution in [0, 0.1) is 17.8 Å². The highest BCUT2D eigenvalue weighted by molar-refractivity contribution is 7.88. The largest absolute Gasteiger partial charge is 0.449 e. The predicted molar refractivity (Wildman–Crippen MR) is 87.4 cm³/mol. The molecular formula is C15H26N2O6S. The van der Waals surface area contributed by atoms with E-state index in [1.54, 1.807) is 0 Å². The molecule has 0 saturated heterocycles. The molecule has 3 N–H and O–H groups in total. The lowest BCUT2D eigenvalue weighted by Crippen LogP contribution is -2.42. The van der Waals surface area contributed by atoms with Gasteiger partial charge in [0.2, 0.25) is 0 Å². The molecule has 9 heteroatoms. The second kappa shape index (κ2) is 9.36. The maximum atomic E-state index is 11.6. The molecule has 138 valence electrons. The Kier molecular flexibility index (Phi) is 7.47. The molecule has 3 atom stereocenters. The average Bonchev–Trinajstić information content (AvgIpc) is 3.14. The van der Waals surface area contributed by atoms with Gasteiger partial charge in [-0.05, 0) is 43.4 Å². The summed E-state index contributed by atoms with van der Waals surface area (Å²) in [5.41, 5.74) is 0. The van der Waals surface area contributed by atoms with Crippen molar-refractivity contribution in [1.29, 1.82) is 0 Å². The van der Waals surface area contributed by atoms with E-state index < -0.39 is 16.3 Å². The van der Waals surface area contributed by atoms with Gasteiger partial charge in [-0.15, -0.1) is 0 Å². The van der Waals surface area contributed by atoms with Crippen molar-refractivity contribution in [3.05, 3.63) is 12.2 Å². The van der Waals surface area contributed by atoms with Crippen LogP contribution < -0.4 is 9.44 Å². The third-order valence-corrected chi connectivity index (χ3v) is 5.43. The maximum absolute atomic E-state index is 11.6. The highest BCUT2D eigenvalue weighted by Crippen LogP contribution is 2.52. The molecular weight excluding hydrogens is 336 g/mol. The van der Waals surface area contributed by atoms with Crippen molar-refractivity contribution in [3.8, 4) is 0 Å². The van der Waals surface area contributed by atoms with Crippen molar-refractivity contribution in [2.75, 3.05) is 33.0 Å². The third kappa shape index (κ3) is 6.39. The van der Waals surface area contributed by atoms with Crippen LogP contribution in [-0.2, 0) is 19.7 Å². The normalized spacial score (nSPS) is 27.5. The van der Waals surface area contributed by atoms with E-state index in [1.807, 2.05) is 4.72 Å². The van der Waals surface area contributed by atoms with Crippen molar-refractivity contribution in [2.45, 2.75) is 25.7 Å². The minimum atomic E-state index is -3.96. The molecule has 2 aliphatic carbocycles. The molecule has 24 heavy (non-hydrogen) atoms. The number of aliphatic hydroxyl groups excluding tert-OH is 1. The van der Waals surface area contributed by atoms with Crippen LogP contribution >= 0.6 is 0 Å². The van der Waals surface area contributed by atoms with Gasteiger partial charge in [0.05, 0.1) is 26.4 Å². The number of carbonyl (C=O) groups is 1. The van der Waals surface area contributed by atoms with Crippen LogP contribution in [0.4, 0.5) is 4.79 Å². The molecule has 0 aromatic heterocycles. The number of aliphatic hydroxyl groups is 1. The van der Waals surface area contributed by atoms with Crippen molar-refractivity contribution in [2.24, 2.45) is 17.8 Å². The highest BCUT2D eigenvalue weighted by Gasteiger charge is 2.49. The van der Waals surface area contributed by atoms with Gasteiger partial charge in [-0.3, -0.25) is 0 Å². The molecule has 0 radical (unpaired) electrons. The van der Waals surface area contributed by atoms with Gasteiger partial charge in [-0.2, -0.15) is 13.1 Å².